The maximum absolute atomic E-state index is 12.8. The smallest absolute Gasteiger partial charge is 0.475 e. The fourth-order valence-corrected chi connectivity index (χ4v) is 5.31. The summed E-state index contributed by atoms with van der Waals surface area (Å²) in [6, 6.07) is 0. The Morgan fingerprint density at radius 1 is 1.03 bits per heavy atom. The van der Waals surface area contributed by atoms with Gasteiger partial charge >= 0.3 is 12.1 Å². The number of alkyl halides is 3. The highest BCUT2D eigenvalue weighted by molar-refractivity contribution is 5.92. The highest BCUT2D eigenvalue weighted by atomic mass is 19.4. The predicted octanol–water partition coefficient (Wildman–Crippen LogP) is 4.01. The van der Waals surface area contributed by atoms with Crippen molar-refractivity contribution in [2.24, 2.45) is 11.3 Å². The number of nitrogens with zero attached hydrogens (tertiary/aromatic N) is 4. The number of hydrogen-bond acceptors (Lipinski definition) is 5. The summed E-state index contributed by atoms with van der Waals surface area (Å²) < 4.78 is 31.7. The fourth-order valence-electron chi connectivity index (χ4n) is 5.31. The molecule has 4 rings (SSSR count). The Bertz CT molecular complexity index is 777. The van der Waals surface area contributed by atoms with Gasteiger partial charge in [0.25, 0.3) is 5.91 Å². The zero-order valence-electron chi connectivity index (χ0n) is 18.9. The summed E-state index contributed by atoms with van der Waals surface area (Å²) in [7, 11) is 0. The van der Waals surface area contributed by atoms with Gasteiger partial charge in [0.15, 0.2) is 0 Å². The summed E-state index contributed by atoms with van der Waals surface area (Å²) in [5.74, 6) is -1.77. The van der Waals surface area contributed by atoms with Gasteiger partial charge in [-0.15, -0.1) is 0 Å². The first-order chi connectivity index (χ1) is 15.7. The third-order valence-electron chi connectivity index (χ3n) is 7.13. The van der Waals surface area contributed by atoms with Gasteiger partial charge < -0.3 is 14.9 Å². The van der Waals surface area contributed by atoms with E-state index in [0.717, 1.165) is 25.4 Å². The van der Waals surface area contributed by atoms with Gasteiger partial charge in [-0.05, 0) is 62.9 Å². The van der Waals surface area contributed by atoms with Gasteiger partial charge in [-0.25, -0.2) is 9.78 Å². The lowest BCUT2D eigenvalue weighted by Gasteiger charge is -2.48. The Labute approximate surface area is 192 Å². The Balaban J connectivity index is 0.000000383. The molecule has 0 aromatic carbocycles. The van der Waals surface area contributed by atoms with Crippen LogP contribution in [0.4, 0.5) is 13.2 Å². The summed E-state index contributed by atoms with van der Waals surface area (Å²) in [4.78, 5) is 34.6. The molecule has 1 aromatic heterocycles. The van der Waals surface area contributed by atoms with Gasteiger partial charge in [0.1, 0.15) is 5.69 Å². The molecule has 3 fully saturated rings. The van der Waals surface area contributed by atoms with E-state index in [1.54, 1.807) is 18.6 Å². The SMILES string of the molecule is O=C(O)C(F)(F)F.O=C(c1cnccn1)N1CCCC2(CCN(CC3CCCCC3)CC2)C1. The molecule has 1 saturated carbocycles. The summed E-state index contributed by atoms with van der Waals surface area (Å²) in [6.45, 7) is 5.49. The van der Waals surface area contributed by atoms with Crippen molar-refractivity contribution in [3.05, 3.63) is 24.3 Å². The lowest BCUT2D eigenvalue weighted by molar-refractivity contribution is -0.192. The number of piperidine rings is 2. The van der Waals surface area contributed by atoms with Crippen molar-refractivity contribution in [3.63, 3.8) is 0 Å². The van der Waals surface area contributed by atoms with E-state index >= 15 is 0 Å². The fraction of sp³-hybridized carbons (Fsp3) is 0.739. The van der Waals surface area contributed by atoms with E-state index in [0.29, 0.717) is 11.1 Å². The van der Waals surface area contributed by atoms with Crippen molar-refractivity contribution >= 4 is 11.9 Å². The first kappa shape index (κ1) is 25.4. The molecule has 0 unspecified atom stereocenters. The third kappa shape index (κ3) is 7.38. The Morgan fingerprint density at radius 2 is 1.70 bits per heavy atom. The van der Waals surface area contributed by atoms with Crippen LogP contribution in [-0.2, 0) is 4.79 Å². The summed E-state index contributed by atoms with van der Waals surface area (Å²) in [5.41, 5.74) is 0.818. The van der Waals surface area contributed by atoms with Crippen molar-refractivity contribution in [2.75, 3.05) is 32.7 Å². The van der Waals surface area contributed by atoms with Crippen LogP contribution in [0, 0.1) is 11.3 Å². The van der Waals surface area contributed by atoms with Crippen LogP contribution in [-0.4, -0.2) is 75.7 Å². The number of halogens is 3. The lowest BCUT2D eigenvalue weighted by Crippen LogP contribution is -2.51. The van der Waals surface area contributed by atoms with Crippen LogP contribution < -0.4 is 0 Å². The maximum Gasteiger partial charge on any atom is 0.490 e. The average Bonchev–Trinajstić information content (AvgIpc) is 2.81. The van der Waals surface area contributed by atoms with Gasteiger partial charge in [0, 0.05) is 32.0 Å². The summed E-state index contributed by atoms with van der Waals surface area (Å²) in [6.07, 6.45) is 11.8. The largest absolute Gasteiger partial charge is 0.490 e. The highest BCUT2D eigenvalue weighted by Gasteiger charge is 2.40. The molecule has 184 valence electrons. The molecule has 3 heterocycles. The molecule has 0 bridgehead atoms. The van der Waals surface area contributed by atoms with E-state index in [9.17, 15) is 18.0 Å². The number of carbonyl (C=O) groups is 2. The molecule has 0 atom stereocenters. The molecule has 1 N–H and O–H groups in total. The molecule has 33 heavy (non-hydrogen) atoms. The second kappa shape index (κ2) is 11.3. The molecule has 2 aliphatic heterocycles. The van der Waals surface area contributed by atoms with Gasteiger partial charge in [-0.2, -0.15) is 13.2 Å². The van der Waals surface area contributed by atoms with Crippen LogP contribution in [0.15, 0.2) is 18.6 Å². The second-order valence-electron chi connectivity index (χ2n) is 9.53. The Morgan fingerprint density at radius 3 is 2.27 bits per heavy atom. The van der Waals surface area contributed by atoms with Crippen molar-refractivity contribution in [2.45, 2.75) is 64.0 Å². The molecule has 7 nitrogen and oxygen atoms in total. The molecule has 3 aliphatic rings. The van der Waals surface area contributed by atoms with Gasteiger partial charge in [-0.1, -0.05) is 19.3 Å². The van der Waals surface area contributed by atoms with Crippen LogP contribution in [0.5, 0.6) is 0 Å². The monoisotopic (exact) mass is 470 g/mol. The first-order valence-electron chi connectivity index (χ1n) is 11.8. The molecule has 1 aliphatic carbocycles. The Hall–Kier alpha value is -2.23. The number of aromatic nitrogens is 2. The van der Waals surface area contributed by atoms with Crippen molar-refractivity contribution < 1.29 is 27.9 Å². The predicted molar refractivity (Wildman–Crippen MR) is 116 cm³/mol. The summed E-state index contributed by atoms with van der Waals surface area (Å²) >= 11 is 0. The number of hydrogen-bond donors (Lipinski definition) is 1. The normalized spacial score (nSPS) is 21.8. The number of aliphatic carboxylic acids is 1. The van der Waals surface area contributed by atoms with Crippen LogP contribution in [0.1, 0.15) is 68.3 Å². The highest BCUT2D eigenvalue weighted by Crippen LogP contribution is 2.40. The molecule has 0 radical (unpaired) electrons. The van der Waals surface area contributed by atoms with E-state index in [-0.39, 0.29) is 5.91 Å². The zero-order chi connectivity index (χ0) is 23.9. The Kier molecular flexibility index (Phi) is 8.67. The summed E-state index contributed by atoms with van der Waals surface area (Å²) in [5, 5.41) is 7.12. The minimum Gasteiger partial charge on any atom is -0.475 e. The number of carboxylic acids is 1. The van der Waals surface area contributed by atoms with Crippen molar-refractivity contribution in [1.29, 1.82) is 0 Å². The molecule has 2 saturated heterocycles. The standard InChI is InChI=1S/C21H32N4O.C2HF3O2/c26-20(19-15-22-10-11-23-19)25-12-4-7-21(17-25)8-13-24(14-9-21)16-18-5-2-1-3-6-18;3-2(4,5)1(6)7/h10-11,15,18H,1-9,12-14,16-17H2;(H,6,7). The van der Waals surface area contributed by atoms with Crippen LogP contribution in [0.25, 0.3) is 0 Å². The lowest BCUT2D eigenvalue weighted by atomic mass is 9.72. The van der Waals surface area contributed by atoms with Gasteiger partial charge in [0.05, 0.1) is 6.20 Å². The molecule has 1 amide bonds. The second-order valence-corrected chi connectivity index (χ2v) is 9.53. The third-order valence-corrected chi connectivity index (χ3v) is 7.13. The topological polar surface area (TPSA) is 86.6 Å². The minimum absolute atomic E-state index is 0.0572. The molecular weight excluding hydrogens is 437 g/mol. The first-order valence-corrected chi connectivity index (χ1v) is 11.8. The minimum atomic E-state index is -5.08. The number of rotatable bonds is 3. The molecule has 1 spiro atoms. The van der Waals surface area contributed by atoms with E-state index in [4.69, 9.17) is 9.90 Å². The number of amides is 1. The number of carboxylic acid groups (broad SMARTS) is 1. The van der Waals surface area contributed by atoms with Gasteiger partial charge in [0.2, 0.25) is 0 Å². The number of carbonyl (C=O) groups excluding carboxylic acids is 1. The molecule has 1 aromatic rings. The maximum atomic E-state index is 12.8. The van der Waals surface area contributed by atoms with Crippen molar-refractivity contribution in [3.8, 4) is 0 Å². The quantitative estimate of drug-likeness (QED) is 0.719. The molecular formula is C23H33F3N4O3. The molecule has 10 heteroatoms. The van der Waals surface area contributed by atoms with Crippen LogP contribution in [0.2, 0.25) is 0 Å². The average molecular weight is 471 g/mol. The van der Waals surface area contributed by atoms with Crippen LogP contribution in [0.3, 0.4) is 0 Å². The number of likely N-dealkylation sites (tertiary alicyclic amines) is 2. The van der Waals surface area contributed by atoms with Crippen molar-refractivity contribution in [1.82, 2.24) is 19.8 Å². The van der Waals surface area contributed by atoms with E-state index in [2.05, 4.69) is 14.9 Å². The van der Waals surface area contributed by atoms with E-state index < -0.39 is 12.1 Å². The zero-order valence-corrected chi connectivity index (χ0v) is 18.9. The van der Waals surface area contributed by atoms with E-state index in [1.165, 1.54) is 71.0 Å². The van der Waals surface area contributed by atoms with E-state index in [1.807, 2.05) is 4.90 Å². The van der Waals surface area contributed by atoms with Gasteiger partial charge in [-0.3, -0.25) is 9.78 Å². The van der Waals surface area contributed by atoms with Crippen LogP contribution >= 0.6 is 0 Å².